The van der Waals surface area contributed by atoms with Gasteiger partial charge in [0.05, 0.1) is 7.11 Å². The lowest BCUT2D eigenvalue weighted by Crippen LogP contribution is -2.43. The summed E-state index contributed by atoms with van der Waals surface area (Å²) in [5.41, 5.74) is 4.05. The number of hydrogen-bond donors (Lipinski definition) is 1. The quantitative estimate of drug-likeness (QED) is 0.766. The Morgan fingerprint density at radius 2 is 1.89 bits per heavy atom. The van der Waals surface area contributed by atoms with Crippen molar-refractivity contribution in [3.05, 3.63) is 65.2 Å². The average Bonchev–Trinajstić information content (AvgIpc) is 3.28. The highest BCUT2D eigenvalue weighted by atomic mass is 16.5. The van der Waals surface area contributed by atoms with Gasteiger partial charge < -0.3 is 15.0 Å². The summed E-state index contributed by atoms with van der Waals surface area (Å²) in [6.45, 7) is 1.75. The van der Waals surface area contributed by atoms with Gasteiger partial charge in [-0.3, -0.25) is 4.79 Å². The number of amides is 1. The first-order chi connectivity index (χ1) is 13.2. The summed E-state index contributed by atoms with van der Waals surface area (Å²) in [7, 11) is 1.69. The van der Waals surface area contributed by atoms with Crippen LogP contribution in [0.4, 0.5) is 0 Å². The van der Waals surface area contributed by atoms with Gasteiger partial charge in [-0.25, -0.2) is 0 Å². The largest absolute Gasteiger partial charge is 0.497 e. The first-order valence-electron chi connectivity index (χ1n) is 9.96. The van der Waals surface area contributed by atoms with Gasteiger partial charge in [0.1, 0.15) is 5.75 Å². The third kappa shape index (κ3) is 4.01. The predicted octanol–water partition coefficient (Wildman–Crippen LogP) is 3.33. The Bertz CT molecular complexity index is 779. The number of likely N-dealkylation sites (tertiary alicyclic amines) is 1. The molecule has 142 valence electrons. The second-order valence-corrected chi connectivity index (χ2v) is 7.64. The lowest BCUT2D eigenvalue weighted by molar-refractivity contribution is -0.131. The molecule has 1 heterocycles. The SMILES string of the molecule is COc1cccc(CNCCC2CCC(=O)N2C2Cc3ccccc3C2)c1. The van der Waals surface area contributed by atoms with Crippen molar-refractivity contribution >= 4 is 5.91 Å². The van der Waals surface area contributed by atoms with Crippen LogP contribution < -0.4 is 10.1 Å². The Balaban J connectivity index is 1.30. The molecule has 4 heteroatoms. The van der Waals surface area contributed by atoms with Crippen molar-refractivity contribution < 1.29 is 9.53 Å². The third-order valence-corrected chi connectivity index (χ3v) is 5.91. The summed E-state index contributed by atoms with van der Waals surface area (Å²) in [6, 6.07) is 17.5. The van der Waals surface area contributed by atoms with Gasteiger partial charge in [-0.1, -0.05) is 36.4 Å². The fourth-order valence-corrected chi connectivity index (χ4v) is 4.56. The first kappa shape index (κ1) is 18.1. The van der Waals surface area contributed by atoms with Crippen LogP contribution >= 0.6 is 0 Å². The maximum absolute atomic E-state index is 12.5. The van der Waals surface area contributed by atoms with Crippen molar-refractivity contribution in [2.45, 2.75) is 50.7 Å². The molecule has 2 aromatic carbocycles. The second-order valence-electron chi connectivity index (χ2n) is 7.64. The predicted molar refractivity (Wildman–Crippen MR) is 107 cm³/mol. The average molecular weight is 364 g/mol. The molecule has 0 radical (unpaired) electrons. The molecule has 1 unspecified atom stereocenters. The number of benzene rings is 2. The molecule has 1 amide bonds. The molecule has 0 spiro atoms. The Kier molecular flexibility index (Phi) is 5.44. The Hall–Kier alpha value is -2.33. The van der Waals surface area contributed by atoms with Gasteiger partial charge in [-0.05, 0) is 61.1 Å². The Morgan fingerprint density at radius 3 is 2.63 bits per heavy atom. The van der Waals surface area contributed by atoms with Crippen molar-refractivity contribution in [3.8, 4) is 5.75 Å². The van der Waals surface area contributed by atoms with E-state index >= 15 is 0 Å². The van der Waals surface area contributed by atoms with Crippen LogP contribution in [0.25, 0.3) is 0 Å². The summed E-state index contributed by atoms with van der Waals surface area (Å²) < 4.78 is 5.28. The van der Waals surface area contributed by atoms with Gasteiger partial charge in [-0.2, -0.15) is 0 Å². The molecule has 1 aliphatic heterocycles. The van der Waals surface area contributed by atoms with Crippen LogP contribution in [-0.2, 0) is 24.2 Å². The van der Waals surface area contributed by atoms with E-state index in [2.05, 4.69) is 46.6 Å². The van der Waals surface area contributed by atoms with Crippen molar-refractivity contribution in [1.82, 2.24) is 10.2 Å². The molecule has 0 bridgehead atoms. The van der Waals surface area contributed by atoms with Crippen LogP contribution in [0.3, 0.4) is 0 Å². The molecule has 27 heavy (non-hydrogen) atoms. The highest BCUT2D eigenvalue weighted by Gasteiger charge is 2.38. The zero-order chi connectivity index (χ0) is 18.6. The van der Waals surface area contributed by atoms with Crippen LogP contribution in [0.5, 0.6) is 5.75 Å². The topological polar surface area (TPSA) is 41.6 Å². The van der Waals surface area contributed by atoms with Crippen molar-refractivity contribution in [2.75, 3.05) is 13.7 Å². The lowest BCUT2D eigenvalue weighted by Gasteiger charge is -2.31. The molecule has 2 aromatic rings. The summed E-state index contributed by atoms with van der Waals surface area (Å²) in [4.78, 5) is 14.7. The fourth-order valence-electron chi connectivity index (χ4n) is 4.56. The first-order valence-corrected chi connectivity index (χ1v) is 9.96. The molecule has 1 fully saturated rings. The van der Waals surface area contributed by atoms with Crippen molar-refractivity contribution in [1.29, 1.82) is 0 Å². The smallest absolute Gasteiger partial charge is 0.223 e. The van der Waals surface area contributed by atoms with E-state index in [9.17, 15) is 4.79 Å². The van der Waals surface area contributed by atoms with E-state index in [-0.39, 0.29) is 0 Å². The fraction of sp³-hybridized carbons (Fsp3) is 0.435. The molecule has 1 saturated heterocycles. The summed E-state index contributed by atoms with van der Waals surface area (Å²) >= 11 is 0. The van der Waals surface area contributed by atoms with Crippen LogP contribution in [0.1, 0.15) is 36.0 Å². The minimum absolute atomic E-state index is 0.339. The molecule has 1 aliphatic carbocycles. The van der Waals surface area contributed by atoms with Gasteiger partial charge in [0.2, 0.25) is 5.91 Å². The zero-order valence-corrected chi connectivity index (χ0v) is 16.0. The summed E-state index contributed by atoms with van der Waals surface area (Å²) in [5, 5.41) is 3.53. The lowest BCUT2D eigenvalue weighted by atomic mass is 10.1. The van der Waals surface area contributed by atoms with E-state index in [1.807, 2.05) is 12.1 Å². The Labute approximate surface area is 161 Å². The number of nitrogens with one attached hydrogen (secondary N) is 1. The maximum Gasteiger partial charge on any atom is 0.223 e. The number of ether oxygens (including phenoxy) is 1. The van der Waals surface area contributed by atoms with Gasteiger partial charge in [0.25, 0.3) is 0 Å². The second kappa shape index (κ2) is 8.13. The number of carbonyl (C=O) groups excluding carboxylic acids is 1. The van der Waals surface area contributed by atoms with E-state index in [0.717, 1.165) is 44.5 Å². The van der Waals surface area contributed by atoms with Crippen molar-refractivity contribution in [2.24, 2.45) is 0 Å². The molecule has 0 aromatic heterocycles. The maximum atomic E-state index is 12.5. The Morgan fingerprint density at radius 1 is 1.11 bits per heavy atom. The number of nitrogens with zero attached hydrogens (tertiary/aromatic N) is 1. The van der Waals surface area contributed by atoms with Gasteiger partial charge in [-0.15, -0.1) is 0 Å². The van der Waals surface area contributed by atoms with E-state index in [0.29, 0.717) is 24.4 Å². The van der Waals surface area contributed by atoms with E-state index in [1.165, 1.54) is 16.7 Å². The minimum atomic E-state index is 0.339. The highest BCUT2D eigenvalue weighted by molar-refractivity contribution is 5.79. The number of fused-ring (bicyclic) bond motifs is 1. The summed E-state index contributed by atoms with van der Waals surface area (Å²) in [6.07, 6.45) is 4.73. The molecule has 1 N–H and O–H groups in total. The van der Waals surface area contributed by atoms with E-state index in [4.69, 9.17) is 4.74 Å². The number of rotatable bonds is 7. The highest BCUT2D eigenvalue weighted by Crippen LogP contribution is 2.32. The molecule has 0 saturated carbocycles. The molecular formula is C23H28N2O2. The minimum Gasteiger partial charge on any atom is -0.497 e. The van der Waals surface area contributed by atoms with Gasteiger partial charge in [0.15, 0.2) is 0 Å². The van der Waals surface area contributed by atoms with Gasteiger partial charge >= 0.3 is 0 Å². The molecule has 4 nitrogen and oxygen atoms in total. The molecule has 4 rings (SSSR count). The van der Waals surface area contributed by atoms with E-state index < -0.39 is 0 Å². The number of carbonyl (C=O) groups is 1. The zero-order valence-electron chi connectivity index (χ0n) is 16.0. The molecule has 2 aliphatic rings. The normalized spacial score (nSPS) is 19.5. The molecule has 1 atom stereocenters. The van der Waals surface area contributed by atoms with Crippen LogP contribution in [0, 0.1) is 0 Å². The van der Waals surface area contributed by atoms with Crippen molar-refractivity contribution in [3.63, 3.8) is 0 Å². The van der Waals surface area contributed by atoms with Crippen LogP contribution in [-0.4, -0.2) is 36.5 Å². The number of hydrogen-bond acceptors (Lipinski definition) is 3. The van der Waals surface area contributed by atoms with Crippen LogP contribution in [0.15, 0.2) is 48.5 Å². The summed E-state index contributed by atoms with van der Waals surface area (Å²) in [5.74, 6) is 1.23. The standard InChI is InChI=1S/C23H28N2O2/c1-27-22-8-4-5-17(13-22)16-24-12-11-20-9-10-23(26)25(20)21-14-18-6-2-3-7-19(18)15-21/h2-8,13,20-21,24H,9-12,14-16H2,1H3. The monoisotopic (exact) mass is 364 g/mol. The van der Waals surface area contributed by atoms with Crippen LogP contribution in [0.2, 0.25) is 0 Å². The van der Waals surface area contributed by atoms with Gasteiger partial charge in [0, 0.05) is 25.0 Å². The number of methoxy groups -OCH3 is 1. The third-order valence-electron chi connectivity index (χ3n) is 5.91. The molecular weight excluding hydrogens is 336 g/mol. The van der Waals surface area contributed by atoms with E-state index in [1.54, 1.807) is 7.11 Å².